The minimum absolute atomic E-state index is 0.106. The molecule has 0 aromatic carbocycles. The van der Waals surface area contributed by atoms with E-state index < -0.39 is 12.1 Å². The third-order valence-electron chi connectivity index (χ3n) is 10.9. The van der Waals surface area contributed by atoms with E-state index in [-0.39, 0.29) is 31.6 Å². The third kappa shape index (κ3) is 49.5. The van der Waals surface area contributed by atoms with Gasteiger partial charge in [-0.15, -0.1) is 0 Å². The number of rotatable bonds is 46. The van der Waals surface area contributed by atoms with Crippen LogP contribution in [0.3, 0.4) is 0 Å². The topological polar surface area (TPSA) is 78.9 Å². The molecule has 63 heavy (non-hydrogen) atoms. The van der Waals surface area contributed by atoms with E-state index in [0.717, 1.165) is 89.9 Å². The van der Waals surface area contributed by atoms with E-state index in [9.17, 15) is 14.4 Å². The number of carbonyl (C=O) groups excluding carboxylic acids is 3. The Balaban J connectivity index is 4.11. The van der Waals surface area contributed by atoms with Gasteiger partial charge in [0.25, 0.3) is 0 Å². The van der Waals surface area contributed by atoms with Gasteiger partial charge in [-0.2, -0.15) is 0 Å². The summed E-state index contributed by atoms with van der Waals surface area (Å²) in [5.41, 5.74) is 0. The molecule has 0 aromatic heterocycles. The van der Waals surface area contributed by atoms with Crippen molar-refractivity contribution in [3.05, 3.63) is 85.1 Å². The van der Waals surface area contributed by atoms with Crippen molar-refractivity contribution in [3.8, 4) is 0 Å². The van der Waals surface area contributed by atoms with Gasteiger partial charge in [-0.25, -0.2) is 0 Å². The molecule has 1 atom stereocenters. The molecular weight excluding hydrogens is 781 g/mol. The molecule has 0 spiro atoms. The monoisotopic (exact) mass is 877 g/mol. The van der Waals surface area contributed by atoms with Crippen LogP contribution in [0.1, 0.15) is 239 Å². The number of esters is 3. The molecule has 0 radical (unpaired) electrons. The highest BCUT2D eigenvalue weighted by molar-refractivity contribution is 5.71. The summed E-state index contributed by atoms with van der Waals surface area (Å²) in [6.07, 6.45) is 66.4. The molecule has 0 N–H and O–H groups in total. The lowest BCUT2D eigenvalue weighted by atomic mass is 10.0. The number of allylic oxidation sites excluding steroid dienone is 14. The Kier molecular flexibility index (Phi) is 48.5. The SMILES string of the molecule is CC/C=C\C/C=C\C/C=C\C/C=C\CCC(=O)OC(COC(=O)CCCCCCC)COC(=O)CCCCCCCCCCCCCC/C=C\C/C=C\C/C=C\CCCCCCC. The van der Waals surface area contributed by atoms with Gasteiger partial charge in [0, 0.05) is 19.3 Å². The number of hydrogen-bond acceptors (Lipinski definition) is 6. The second kappa shape index (κ2) is 51.2. The Bertz CT molecular complexity index is 1240. The zero-order chi connectivity index (χ0) is 45.8. The number of unbranched alkanes of at least 4 members (excludes halogenated alkanes) is 21. The minimum atomic E-state index is -0.810. The van der Waals surface area contributed by atoms with Crippen LogP contribution in [0.4, 0.5) is 0 Å². The van der Waals surface area contributed by atoms with Crippen molar-refractivity contribution >= 4 is 17.9 Å². The van der Waals surface area contributed by atoms with E-state index in [1.165, 1.54) is 103 Å². The molecule has 0 rings (SSSR count). The molecule has 0 saturated heterocycles. The first-order valence-corrected chi connectivity index (χ1v) is 26.1. The molecule has 0 saturated carbocycles. The molecule has 6 heteroatoms. The molecule has 6 nitrogen and oxygen atoms in total. The predicted octanol–water partition coefficient (Wildman–Crippen LogP) is 17.2. The van der Waals surface area contributed by atoms with Crippen LogP contribution < -0.4 is 0 Å². The first-order chi connectivity index (χ1) is 31.0. The molecule has 1 unspecified atom stereocenters. The maximum atomic E-state index is 12.7. The molecule has 0 aromatic rings. The number of carbonyl (C=O) groups is 3. The van der Waals surface area contributed by atoms with Crippen molar-refractivity contribution in [2.75, 3.05) is 13.2 Å². The highest BCUT2D eigenvalue weighted by atomic mass is 16.6. The van der Waals surface area contributed by atoms with Gasteiger partial charge in [-0.1, -0.05) is 221 Å². The van der Waals surface area contributed by atoms with Gasteiger partial charge in [0.1, 0.15) is 13.2 Å². The van der Waals surface area contributed by atoms with Gasteiger partial charge in [-0.3, -0.25) is 14.4 Å². The fraction of sp³-hybridized carbons (Fsp3) is 0.702. The smallest absolute Gasteiger partial charge is 0.306 e. The molecule has 0 heterocycles. The maximum Gasteiger partial charge on any atom is 0.306 e. The Hall–Kier alpha value is -3.41. The molecule has 0 bridgehead atoms. The molecule has 0 amide bonds. The van der Waals surface area contributed by atoms with Crippen molar-refractivity contribution in [1.82, 2.24) is 0 Å². The van der Waals surface area contributed by atoms with Crippen molar-refractivity contribution in [2.24, 2.45) is 0 Å². The largest absolute Gasteiger partial charge is 0.462 e. The van der Waals surface area contributed by atoms with E-state index in [0.29, 0.717) is 19.3 Å². The van der Waals surface area contributed by atoms with E-state index in [4.69, 9.17) is 14.2 Å². The first-order valence-electron chi connectivity index (χ1n) is 26.1. The van der Waals surface area contributed by atoms with E-state index in [1.54, 1.807) is 0 Å². The van der Waals surface area contributed by atoms with Gasteiger partial charge >= 0.3 is 17.9 Å². The van der Waals surface area contributed by atoms with Crippen LogP contribution in [0, 0.1) is 0 Å². The summed E-state index contributed by atoms with van der Waals surface area (Å²) in [6.45, 7) is 6.35. The zero-order valence-corrected chi connectivity index (χ0v) is 41.1. The molecule has 0 aliphatic heterocycles. The number of ether oxygens (including phenoxy) is 3. The average molecular weight is 877 g/mol. The second-order valence-corrected chi connectivity index (χ2v) is 17.1. The standard InChI is InChI=1S/C57H96O6/c1-4-7-10-13-15-17-19-21-22-23-24-25-26-27-28-29-30-31-32-33-34-36-37-39-41-44-47-50-56(59)62-53-54(52-61-55(58)49-46-43-12-9-6-3)63-57(60)51-48-45-42-40-38-35-20-18-16-14-11-8-5-2/h8,11,16,18-19,21,23-24,26-27,35,38,42,45,54H,4-7,9-10,12-15,17,20,22,25,28-34,36-37,39-41,43-44,46-53H2,1-3H3/b11-8-,18-16-,21-19-,24-23-,27-26-,38-35-,45-42-. The van der Waals surface area contributed by atoms with E-state index in [2.05, 4.69) is 93.7 Å². The summed E-state index contributed by atoms with van der Waals surface area (Å²) in [5.74, 6) is -1.01. The van der Waals surface area contributed by atoms with Crippen LogP contribution in [-0.4, -0.2) is 37.2 Å². The van der Waals surface area contributed by atoms with Crippen LogP contribution in [0.2, 0.25) is 0 Å². The van der Waals surface area contributed by atoms with Crippen molar-refractivity contribution < 1.29 is 28.6 Å². The summed E-state index contributed by atoms with van der Waals surface area (Å²) in [5, 5.41) is 0. The Morgan fingerprint density at radius 2 is 0.651 bits per heavy atom. The highest BCUT2D eigenvalue weighted by Crippen LogP contribution is 2.14. The molecule has 0 aliphatic rings. The summed E-state index contributed by atoms with van der Waals surface area (Å²) < 4.78 is 16.6. The molecular formula is C57H96O6. The second-order valence-electron chi connectivity index (χ2n) is 17.1. The highest BCUT2D eigenvalue weighted by Gasteiger charge is 2.19. The van der Waals surface area contributed by atoms with Crippen LogP contribution in [-0.2, 0) is 28.6 Å². The zero-order valence-electron chi connectivity index (χ0n) is 41.1. The van der Waals surface area contributed by atoms with E-state index in [1.807, 2.05) is 12.2 Å². The summed E-state index contributed by atoms with van der Waals surface area (Å²) in [4.78, 5) is 37.6. The normalized spacial score (nSPS) is 12.7. The maximum absolute atomic E-state index is 12.7. The van der Waals surface area contributed by atoms with Gasteiger partial charge in [0.15, 0.2) is 6.10 Å². The van der Waals surface area contributed by atoms with Gasteiger partial charge in [0.2, 0.25) is 0 Å². The fourth-order valence-electron chi connectivity index (χ4n) is 6.99. The van der Waals surface area contributed by atoms with Crippen LogP contribution in [0.25, 0.3) is 0 Å². The summed E-state index contributed by atoms with van der Waals surface area (Å²) in [7, 11) is 0. The summed E-state index contributed by atoms with van der Waals surface area (Å²) >= 11 is 0. The predicted molar refractivity (Wildman–Crippen MR) is 270 cm³/mol. The molecule has 360 valence electrons. The quantitative estimate of drug-likeness (QED) is 0.0262. The fourth-order valence-corrected chi connectivity index (χ4v) is 6.99. The van der Waals surface area contributed by atoms with Gasteiger partial charge in [0.05, 0.1) is 0 Å². The van der Waals surface area contributed by atoms with Crippen LogP contribution >= 0.6 is 0 Å². The van der Waals surface area contributed by atoms with Crippen molar-refractivity contribution in [3.63, 3.8) is 0 Å². The van der Waals surface area contributed by atoms with Gasteiger partial charge in [-0.05, 0) is 83.5 Å². The third-order valence-corrected chi connectivity index (χ3v) is 10.9. The van der Waals surface area contributed by atoms with Crippen LogP contribution in [0.5, 0.6) is 0 Å². The Morgan fingerprint density at radius 1 is 0.333 bits per heavy atom. The lowest BCUT2D eigenvalue weighted by Crippen LogP contribution is -2.30. The number of hydrogen-bond donors (Lipinski definition) is 0. The van der Waals surface area contributed by atoms with Crippen molar-refractivity contribution in [1.29, 1.82) is 0 Å². The van der Waals surface area contributed by atoms with Crippen LogP contribution in [0.15, 0.2) is 85.1 Å². The minimum Gasteiger partial charge on any atom is -0.462 e. The van der Waals surface area contributed by atoms with Gasteiger partial charge < -0.3 is 14.2 Å². The molecule has 0 fully saturated rings. The van der Waals surface area contributed by atoms with E-state index >= 15 is 0 Å². The summed E-state index contributed by atoms with van der Waals surface area (Å²) in [6, 6.07) is 0. The average Bonchev–Trinajstić information content (AvgIpc) is 3.28. The van der Waals surface area contributed by atoms with Crippen molar-refractivity contribution in [2.45, 2.75) is 245 Å². The first kappa shape index (κ1) is 59.6. The Labute approximate surface area is 388 Å². The lowest BCUT2D eigenvalue weighted by molar-refractivity contribution is -0.166. The molecule has 0 aliphatic carbocycles. The lowest BCUT2D eigenvalue weighted by Gasteiger charge is -2.18. The Morgan fingerprint density at radius 3 is 1.03 bits per heavy atom.